The minimum absolute atomic E-state index is 0.149. The molecule has 2 aromatic carbocycles. The molecular formula is C19H14Cl2I2O3. The Morgan fingerprint density at radius 3 is 2.46 bits per heavy atom. The van der Waals surface area contributed by atoms with E-state index in [1.54, 1.807) is 24.3 Å². The first-order valence-corrected chi connectivity index (χ1v) is 10.9. The van der Waals surface area contributed by atoms with Crippen LogP contribution in [0.4, 0.5) is 0 Å². The Labute approximate surface area is 188 Å². The third-order valence-corrected chi connectivity index (χ3v) is 6.52. The van der Waals surface area contributed by atoms with Crippen LogP contribution < -0.4 is 0 Å². The lowest BCUT2D eigenvalue weighted by atomic mass is 9.98. The second-order valence-electron chi connectivity index (χ2n) is 5.86. The summed E-state index contributed by atoms with van der Waals surface area (Å²) >= 11 is 16.4. The number of hydrogen-bond acceptors (Lipinski definition) is 3. The molecule has 0 spiro atoms. The smallest absolute Gasteiger partial charge is 0.197 e. The Bertz CT molecular complexity index is 989. The van der Waals surface area contributed by atoms with Crippen LogP contribution in [0.1, 0.15) is 41.4 Å². The molecule has 0 radical (unpaired) electrons. The van der Waals surface area contributed by atoms with Gasteiger partial charge >= 0.3 is 0 Å². The van der Waals surface area contributed by atoms with Crippen molar-refractivity contribution in [2.75, 3.05) is 0 Å². The molecule has 3 nitrogen and oxygen atoms in total. The fraction of sp³-hybridized carbons (Fsp3) is 0.211. The highest BCUT2D eigenvalue weighted by atomic mass is 127. The SMILES string of the molecule is CCCCc1oc2c(Cl)c(Cl)ccc2c1C(=O)c1cc(I)c(O)c(I)c1. The Balaban J connectivity index is 2.22. The number of aryl methyl sites for hydroxylation is 1. The van der Waals surface area contributed by atoms with Gasteiger partial charge in [-0.25, -0.2) is 0 Å². The average Bonchev–Trinajstić information content (AvgIpc) is 2.99. The molecule has 136 valence electrons. The number of carbonyl (C=O) groups is 1. The number of aromatic hydroxyl groups is 1. The number of carbonyl (C=O) groups excluding carboxylic acids is 1. The van der Waals surface area contributed by atoms with Gasteiger partial charge in [-0.1, -0.05) is 36.5 Å². The summed E-state index contributed by atoms with van der Waals surface area (Å²) in [5.41, 5.74) is 1.46. The standard InChI is InChI=1S/C19H14Cl2I2O3/c1-2-3-4-14-15(10-5-6-11(20)16(21)19(10)26-14)17(24)9-7-12(22)18(25)13(23)8-9/h5-8,25H,2-4H2,1H3. The highest BCUT2D eigenvalue weighted by Gasteiger charge is 2.25. The molecule has 1 heterocycles. The molecule has 1 N–H and O–H groups in total. The lowest BCUT2D eigenvalue weighted by molar-refractivity contribution is 0.103. The third-order valence-electron chi connectivity index (χ3n) is 4.09. The van der Waals surface area contributed by atoms with Crippen LogP contribution in [-0.4, -0.2) is 10.9 Å². The van der Waals surface area contributed by atoms with Gasteiger partial charge in [0.25, 0.3) is 0 Å². The van der Waals surface area contributed by atoms with E-state index < -0.39 is 0 Å². The van der Waals surface area contributed by atoms with Crippen LogP contribution in [0.5, 0.6) is 5.75 Å². The molecule has 0 amide bonds. The quantitative estimate of drug-likeness (QED) is 0.244. The van der Waals surface area contributed by atoms with Crippen molar-refractivity contribution in [1.82, 2.24) is 0 Å². The minimum atomic E-state index is -0.149. The van der Waals surface area contributed by atoms with E-state index in [9.17, 15) is 9.90 Å². The van der Waals surface area contributed by atoms with Crippen LogP contribution in [-0.2, 0) is 6.42 Å². The molecule has 0 aliphatic carbocycles. The number of fused-ring (bicyclic) bond motifs is 1. The Morgan fingerprint density at radius 2 is 1.85 bits per heavy atom. The molecule has 26 heavy (non-hydrogen) atoms. The number of unbranched alkanes of at least 4 members (excludes halogenated alkanes) is 1. The number of hydrogen-bond donors (Lipinski definition) is 1. The minimum Gasteiger partial charge on any atom is -0.506 e. The molecule has 0 saturated carbocycles. The summed E-state index contributed by atoms with van der Waals surface area (Å²) < 4.78 is 7.20. The summed E-state index contributed by atoms with van der Waals surface area (Å²) in [7, 11) is 0. The predicted octanol–water partition coefficient (Wildman–Crippen LogP) is 7.23. The zero-order valence-corrected chi connectivity index (χ0v) is 19.5. The first-order chi connectivity index (χ1) is 12.3. The van der Waals surface area contributed by atoms with E-state index in [0.29, 0.717) is 51.5 Å². The number of furan rings is 1. The van der Waals surface area contributed by atoms with Crippen molar-refractivity contribution in [3.8, 4) is 5.75 Å². The Hall–Kier alpha value is -0.510. The van der Waals surface area contributed by atoms with Gasteiger partial charge in [0.15, 0.2) is 11.4 Å². The van der Waals surface area contributed by atoms with E-state index in [2.05, 4.69) is 6.92 Å². The monoisotopic (exact) mass is 614 g/mol. The zero-order valence-electron chi connectivity index (χ0n) is 13.7. The summed E-state index contributed by atoms with van der Waals surface area (Å²) in [4.78, 5) is 13.3. The number of phenols is 1. The lowest BCUT2D eigenvalue weighted by Crippen LogP contribution is -2.05. The van der Waals surface area contributed by atoms with Crippen molar-refractivity contribution in [2.45, 2.75) is 26.2 Å². The van der Waals surface area contributed by atoms with Crippen molar-refractivity contribution >= 4 is 85.1 Å². The number of phenolic OH excluding ortho intramolecular Hbond substituents is 1. The van der Waals surface area contributed by atoms with Gasteiger partial charge in [-0.05, 0) is 75.9 Å². The number of rotatable bonds is 5. The molecular weight excluding hydrogens is 601 g/mol. The first kappa shape index (κ1) is 20.2. The van der Waals surface area contributed by atoms with Gasteiger partial charge in [0.05, 0.1) is 17.7 Å². The van der Waals surface area contributed by atoms with Gasteiger partial charge in [-0.3, -0.25) is 4.79 Å². The molecule has 0 fully saturated rings. The average molecular weight is 615 g/mol. The molecule has 0 saturated heterocycles. The van der Waals surface area contributed by atoms with Crippen LogP contribution in [0.3, 0.4) is 0 Å². The summed E-state index contributed by atoms with van der Waals surface area (Å²) in [6, 6.07) is 6.80. The van der Waals surface area contributed by atoms with Crippen LogP contribution in [0.25, 0.3) is 11.0 Å². The highest BCUT2D eigenvalue weighted by Crippen LogP contribution is 2.38. The van der Waals surface area contributed by atoms with Gasteiger partial charge in [0.2, 0.25) is 0 Å². The van der Waals surface area contributed by atoms with E-state index in [-0.39, 0.29) is 11.5 Å². The summed E-state index contributed by atoms with van der Waals surface area (Å²) in [6.45, 7) is 2.08. The maximum atomic E-state index is 13.3. The van der Waals surface area contributed by atoms with E-state index in [1.165, 1.54) is 0 Å². The van der Waals surface area contributed by atoms with Crippen LogP contribution >= 0.6 is 68.4 Å². The molecule has 0 aliphatic rings. The molecule has 0 bridgehead atoms. The van der Waals surface area contributed by atoms with E-state index in [1.807, 2.05) is 45.2 Å². The van der Waals surface area contributed by atoms with Crippen molar-refractivity contribution in [3.05, 3.63) is 58.3 Å². The topological polar surface area (TPSA) is 50.4 Å². The first-order valence-electron chi connectivity index (χ1n) is 7.97. The molecule has 7 heteroatoms. The molecule has 1 aromatic heterocycles. The molecule has 3 aromatic rings. The summed E-state index contributed by atoms with van der Waals surface area (Å²) in [5.74, 6) is 0.652. The molecule has 0 atom stereocenters. The van der Waals surface area contributed by atoms with Gasteiger partial charge in [0.1, 0.15) is 16.5 Å². The third kappa shape index (κ3) is 3.72. The Morgan fingerprint density at radius 1 is 1.19 bits per heavy atom. The highest BCUT2D eigenvalue weighted by molar-refractivity contribution is 14.1. The molecule has 0 unspecified atom stereocenters. The number of benzene rings is 2. The lowest BCUT2D eigenvalue weighted by Gasteiger charge is -2.06. The zero-order chi connectivity index (χ0) is 19.0. The van der Waals surface area contributed by atoms with Crippen molar-refractivity contribution in [2.24, 2.45) is 0 Å². The number of halogens is 4. The normalized spacial score (nSPS) is 11.3. The van der Waals surface area contributed by atoms with E-state index >= 15 is 0 Å². The maximum Gasteiger partial charge on any atom is 0.197 e. The predicted molar refractivity (Wildman–Crippen MR) is 122 cm³/mol. The Kier molecular flexibility index (Phi) is 6.41. The second-order valence-corrected chi connectivity index (χ2v) is 8.97. The summed E-state index contributed by atoms with van der Waals surface area (Å²) in [5, 5.41) is 11.3. The molecule has 3 rings (SSSR count). The van der Waals surface area contributed by atoms with Crippen molar-refractivity contribution < 1.29 is 14.3 Å². The largest absolute Gasteiger partial charge is 0.506 e. The van der Waals surface area contributed by atoms with Crippen LogP contribution in [0, 0.1) is 7.14 Å². The molecule has 0 aliphatic heterocycles. The van der Waals surface area contributed by atoms with Gasteiger partial charge in [-0.2, -0.15) is 0 Å². The van der Waals surface area contributed by atoms with Crippen molar-refractivity contribution in [1.29, 1.82) is 0 Å². The fourth-order valence-corrected chi connectivity index (χ4v) is 4.88. The second kappa shape index (κ2) is 8.24. The van der Waals surface area contributed by atoms with Gasteiger partial charge in [-0.15, -0.1) is 0 Å². The van der Waals surface area contributed by atoms with Crippen LogP contribution in [0.2, 0.25) is 10.0 Å². The maximum absolute atomic E-state index is 13.3. The van der Waals surface area contributed by atoms with Crippen molar-refractivity contribution in [3.63, 3.8) is 0 Å². The number of ketones is 1. The van der Waals surface area contributed by atoms with Gasteiger partial charge < -0.3 is 9.52 Å². The van der Waals surface area contributed by atoms with E-state index in [0.717, 1.165) is 12.8 Å². The fourth-order valence-electron chi connectivity index (χ4n) is 2.76. The summed E-state index contributed by atoms with van der Waals surface area (Å²) in [6.07, 6.45) is 2.52. The van der Waals surface area contributed by atoms with Crippen LogP contribution in [0.15, 0.2) is 28.7 Å². The van der Waals surface area contributed by atoms with Gasteiger partial charge in [0, 0.05) is 17.4 Å². The van der Waals surface area contributed by atoms with E-state index in [4.69, 9.17) is 27.6 Å².